The molecule has 2 aromatic carbocycles. The molecule has 0 radical (unpaired) electrons. The van der Waals surface area contributed by atoms with Crippen molar-refractivity contribution in [1.82, 2.24) is 5.16 Å². The molecule has 0 aliphatic rings. The molecule has 1 heterocycles. The van der Waals surface area contributed by atoms with Crippen molar-refractivity contribution in [1.29, 1.82) is 0 Å². The number of hydrogen-bond acceptors (Lipinski definition) is 3. The van der Waals surface area contributed by atoms with E-state index in [9.17, 15) is 8.78 Å². The van der Waals surface area contributed by atoms with E-state index in [1.54, 1.807) is 6.07 Å². The Morgan fingerprint density at radius 3 is 2.52 bits per heavy atom. The SMILES string of the molecule is Nc1noc(-c2ccccc2Br)c1-c1ccc(F)cc1F. The van der Waals surface area contributed by atoms with Gasteiger partial charge in [-0.2, -0.15) is 0 Å². The number of aromatic nitrogens is 1. The highest BCUT2D eigenvalue weighted by Crippen LogP contribution is 2.40. The van der Waals surface area contributed by atoms with Crippen molar-refractivity contribution in [3.8, 4) is 22.5 Å². The van der Waals surface area contributed by atoms with Gasteiger partial charge in [0.15, 0.2) is 11.6 Å². The van der Waals surface area contributed by atoms with Crippen LogP contribution < -0.4 is 5.73 Å². The molecule has 3 nitrogen and oxygen atoms in total. The summed E-state index contributed by atoms with van der Waals surface area (Å²) in [6.45, 7) is 0. The Morgan fingerprint density at radius 1 is 1.05 bits per heavy atom. The predicted octanol–water partition coefficient (Wildman–Crippen LogP) is 4.63. The Kier molecular flexibility index (Phi) is 3.47. The molecule has 0 fully saturated rings. The van der Waals surface area contributed by atoms with Crippen molar-refractivity contribution in [2.24, 2.45) is 0 Å². The number of anilines is 1. The molecule has 0 bridgehead atoms. The minimum absolute atomic E-state index is 0.0475. The maximum atomic E-state index is 14.0. The number of nitrogen functional groups attached to an aromatic ring is 1. The highest BCUT2D eigenvalue weighted by atomic mass is 79.9. The summed E-state index contributed by atoms with van der Waals surface area (Å²) < 4.78 is 33.1. The van der Waals surface area contributed by atoms with E-state index in [4.69, 9.17) is 10.3 Å². The summed E-state index contributed by atoms with van der Waals surface area (Å²) in [7, 11) is 0. The second-order valence-electron chi connectivity index (χ2n) is 4.38. The van der Waals surface area contributed by atoms with E-state index in [1.165, 1.54) is 6.07 Å². The lowest BCUT2D eigenvalue weighted by Gasteiger charge is -2.06. The molecule has 106 valence electrons. The predicted molar refractivity (Wildman–Crippen MR) is 79.4 cm³/mol. The van der Waals surface area contributed by atoms with E-state index in [0.717, 1.165) is 16.6 Å². The van der Waals surface area contributed by atoms with Gasteiger partial charge in [-0.15, -0.1) is 0 Å². The van der Waals surface area contributed by atoms with Crippen molar-refractivity contribution in [2.75, 3.05) is 5.73 Å². The van der Waals surface area contributed by atoms with Crippen LogP contribution >= 0.6 is 15.9 Å². The van der Waals surface area contributed by atoms with E-state index in [1.807, 2.05) is 18.2 Å². The lowest BCUT2D eigenvalue weighted by Crippen LogP contribution is -1.92. The summed E-state index contributed by atoms with van der Waals surface area (Å²) in [6, 6.07) is 10.5. The molecular weight excluding hydrogens is 342 g/mol. The Balaban J connectivity index is 2.25. The van der Waals surface area contributed by atoms with E-state index in [0.29, 0.717) is 16.9 Å². The lowest BCUT2D eigenvalue weighted by atomic mass is 10.0. The maximum absolute atomic E-state index is 14.0. The third kappa shape index (κ3) is 2.42. The summed E-state index contributed by atoms with van der Waals surface area (Å²) in [5, 5.41) is 3.70. The molecule has 0 saturated heterocycles. The zero-order valence-electron chi connectivity index (χ0n) is 10.6. The average molecular weight is 351 g/mol. The number of halogens is 3. The van der Waals surface area contributed by atoms with Gasteiger partial charge < -0.3 is 10.3 Å². The third-order valence-corrected chi connectivity index (χ3v) is 3.73. The fourth-order valence-electron chi connectivity index (χ4n) is 2.08. The molecule has 3 rings (SSSR count). The first kappa shape index (κ1) is 13.8. The van der Waals surface area contributed by atoms with Crippen LogP contribution in [0.4, 0.5) is 14.6 Å². The topological polar surface area (TPSA) is 52.0 Å². The first-order chi connectivity index (χ1) is 10.1. The van der Waals surface area contributed by atoms with Crippen LogP contribution in [0.25, 0.3) is 22.5 Å². The normalized spacial score (nSPS) is 10.8. The van der Waals surface area contributed by atoms with Gasteiger partial charge >= 0.3 is 0 Å². The molecule has 0 aliphatic heterocycles. The molecular formula is C15H9BrF2N2O. The van der Waals surface area contributed by atoms with Crippen LogP contribution in [0.5, 0.6) is 0 Å². The van der Waals surface area contributed by atoms with Crippen LogP contribution in [-0.4, -0.2) is 5.16 Å². The minimum Gasteiger partial charge on any atom is -0.380 e. The minimum atomic E-state index is -0.724. The van der Waals surface area contributed by atoms with Crippen molar-refractivity contribution >= 4 is 21.7 Å². The Morgan fingerprint density at radius 2 is 1.81 bits per heavy atom. The first-order valence-corrected chi connectivity index (χ1v) is 6.82. The van der Waals surface area contributed by atoms with E-state index >= 15 is 0 Å². The maximum Gasteiger partial charge on any atom is 0.178 e. The summed E-state index contributed by atoms with van der Waals surface area (Å²) in [5.74, 6) is -1.01. The summed E-state index contributed by atoms with van der Waals surface area (Å²) in [5.41, 5.74) is 6.91. The second kappa shape index (κ2) is 5.29. The molecule has 6 heteroatoms. The van der Waals surface area contributed by atoms with Crippen LogP contribution in [0.2, 0.25) is 0 Å². The van der Waals surface area contributed by atoms with Gasteiger partial charge in [-0.1, -0.05) is 33.2 Å². The van der Waals surface area contributed by atoms with E-state index in [2.05, 4.69) is 21.1 Å². The van der Waals surface area contributed by atoms with Gasteiger partial charge in [-0.05, 0) is 24.3 Å². The molecule has 3 aromatic rings. The van der Waals surface area contributed by atoms with Crippen LogP contribution in [0.1, 0.15) is 0 Å². The molecule has 0 atom stereocenters. The second-order valence-corrected chi connectivity index (χ2v) is 5.23. The number of hydrogen-bond donors (Lipinski definition) is 1. The fraction of sp³-hybridized carbons (Fsp3) is 0. The highest BCUT2D eigenvalue weighted by molar-refractivity contribution is 9.10. The van der Waals surface area contributed by atoms with Gasteiger partial charge in [-0.3, -0.25) is 0 Å². The van der Waals surface area contributed by atoms with Crippen molar-refractivity contribution in [3.05, 3.63) is 58.6 Å². The zero-order chi connectivity index (χ0) is 15.0. The van der Waals surface area contributed by atoms with Gasteiger partial charge in [-0.25, -0.2) is 8.78 Å². The molecule has 1 aromatic heterocycles. The van der Waals surface area contributed by atoms with Gasteiger partial charge in [0.25, 0.3) is 0 Å². The smallest absolute Gasteiger partial charge is 0.178 e. The van der Waals surface area contributed by atoms with Crippen LogP contribution in [0.3, 0.4) is 0 Å². The van der Waals surface area contributed by atoms with Gasteiger partial charge in [0, 0.05) is 21.7 Å². The average Bonchev–Trinajstić information content (AvgIpc) is 2.81. The van der Waals surface area contributed by atoms with Gasteiger partial charge in [0.05, 0.1) is 5.56 Å². The van der Waals surface area contributed by atoms with Crippen LogP contribution in [-0.2, 0) is 0 Å². The van der Waals surface area contributed by atoms with Gasteiger partial charge in [0.2, 0.25) is 0 Å². The number of nitrogens with zero attached hydrogens (tertiary/aromatic N) is 1. The molecule has 0 spiro atoms. The summed E-state index contributed by atoms with van der Waals surface area (Å²) in [6.07, 6.45) is 0. The molecule has 2 N–H and O–H groups in total. The van der Waals surface area contributed by atoms with Crippen molar-refractivity contribution in [3.63, 3.8) is 0 Å². The number of nitrogens with two attached hydrogens (primary N) is 1. The van der Waals surface area contributed by atoms with Gasteiger partial charge in [0.1, 0.15) is 11.6 Å². The Labute approximate surface area is 127 Å². The number of rotatable bonds is 2. The summed E-state index contributed by atoms with van der Waals surface area (Å²) >= 11 is 3.40. The standard InChI is InChI=1S/C15H9BrF2N2O/c16-11-4-2-1-3-9(11)14-13(15(19)20-21-14)10-6-5-8(17)7-12(10)18/h1-7H,(H2,19,20). The zero-order valence-corrected chi connectivity index (χ0v) is 12.2. The third-order valence-electron chi connectivity index (χ3n) is 3.04. The lowest BCUT2D eigenvalue weighted by molar-refractivity contribution is 0.436. The first-order valence-electron chi connectivity index (χ1n) is 6.03. The molecule has 0 saturated carbocycles. The Hall–Kier alpha value is -2.21. The van der Waals surface area contributed by atoms with Crippen molar-refractivity contribution < 1.29 is 13.3 Å². The van der Waals surface area contributed by atoms with E-state index < -0.39 is 11.6 Å². The largest absolute Gasteiger partial charge is 0.380 e. The molecule has 0 aliphatic carbocycles. The van der Waals surface area contributed by atoms with Crippen LogP contribution in [0, 0.1) is 11.6 Å². The fourth-order valence-corrected chi connectivity index (χ4v) is 2.55. The molecule has 0 unspecified atom stereocenters. The monoisotopic (exact) mass is 350 g/mol. The summed E-state index contributed by atoms with van der Waals surface area (Å²) in [4.78, 5) is 0. The Bertz CT molecular complexity index is 817. The van der Waals surface area contributed by atoms with E-state index in [-0.39, 0.29) is 11.4 Å². The molecule has 21 heavy (non-hydrogen) atoms. The van der Waals surface area contributed by atoms with Crippen LogP contribution in [0.15, 0.2) is 51.5 Å². The molecule has 0 amide bonds. The quantitative estimate of drug-likeness (QED) is 0.732. The number of benzene rings is 2. The van der Waals surface area contributed by atoms with Crippen molar-refractivity contribution in [2.45, 2.75) is 0 Å². The highest BCUT2D eigenvalue weighted by Gasteiger charge is 2.22.